The van der Waals surface area contributed by atoms with Crippen LogP contribution in [0.3, 0.4) is 0 Å². The Bertz CT molecular complexity index is 520. The van der Waals surface area contributed by atoms with E-state index in [0.29, 0.717) is 11.9 Å². The molecule has 0 bridgehead atoms. The third kappa shape index (κ3) is 2.90. The fourth-order valence-electron chi connectivity index (χ4n) is 1.49. The molecule has 0 spiro atoms. The van der Waals surface area contributed by atoms with Gasteiger partial charge in [-0.15, -0.1) is 23.1 Å². The van der Waals surface area contributed by atoms with Crippen LogP contribution in [-0.4, -0.2) is 15.7 Å². The number of hydrogen-bond donors (Lipinski definition) is 1. The second-order valence-electron chi connectivity index (χ2n) is 4.38. The number of thiophene rings is 1. The van der Waals surface area contributed by atoms with Crippen molar-refractivity contribution in [2.24, 2.45) is 5.92 Å². The first kappa shape index (κ1) is 12.6. The molecule has 0 amide bonds. The summed E-state index contributed by atoms with van der Waals surface area (Å²) in [5.74, 6) is 2.09. The fourth-order valence-corrected chi connectivity index (χ4v) is 3.49. The lowest BCUT2D eigenvalue weighted by molar-refractivity contribution is 0.749. The van der Waals surface area contributed by atoms with E-state index in [1.165, 1.54) is 4.88 Å². The molecule has 2 rings (SSSR count). The standard InChI is InChI=1S/C12H17N3S2/c1-4-8-5-9-10(16-6-7(2)3)14-12(13)15-11(9)17-8/h5,7H,4,6H2,1-3H3,(H2,13,14,15). The van der Waals surface area contributed by atoms with E-state index in [2.05, 4.69) is 36.8 Å². The van der Waals surface area contributed by atoms with Crippen LogP contribution < -0.4 is 5.73 Å². The monoisotopic (exact) mass is 267 g/mol. The van der Waals surface area contributed by atoms with Gasteiger partial charge < -0.3 is 5.73 Å². The zero-order chi connectivity index (χ0) is 12.4. The predicted molar refractivity (Wildman–Crippen MR) is 76.8 cm³/mol. The molecule has 2 aromatic heterocycles. The van der Waals surface area contributed by atoms with Gasteiger partial charge in [-0.05, 0) is 18.4 Å². The maximum atomic E-state index is 5.75. The van der Waals surface area contributed by atoms with Crippen LogP contribution in [0, 0.1) is 5.92 Å². The molecule has 0 radical (unpaired) electrons. The zero-order valence-electron chi connectivity index (χ0n) is 10.4. The van der Waals surface area contributed by atoms with Gasteiger partial charge in [0.2, 0.25) is 5.95 Å². The topological polar surface area (TPSA) is 51.8 Å². The summed E-state index contributed by atoms with van der Waals surface area (Å²) in [6.07, 6.45) is 1.04. The minimum Gasteiger partial charge on any atom is -0.368 e. The lowest BCUT2D eigenvalue weighted by atomic mass is 10.3. The van der Waals surface area contributed by atoms with Crippen LogP contribution in [0.2, 0.25) is 0 Å². The van der Waals surface area contributed by atoms with Crippen LogP contribution >= 0.6 is 23.1 Å². The number of anilines is 1. The summed E-state index contributed by atoms with van der Waals surface area (Å²) in [6, 6.07) is 2.20. The molecule has 17 heavy (non-hydrogen) atoms. The highest BCUT2D eigenvalue weighted by molar-refractivity contribution is 7.99. The van der Waals surface area contributed by atoms with Crippen LogP contribution in [0.5, 0.6) is 0 Å². The van der Waals surface area contributed by atoms with E-state index in [4.69, 9.17) is 5.73 Å². The molecular formula is C12H17N3S2. The van der Waals surface area contributed by atoms with Crippen molar-refractivity contribution in [1.82, 2.24) is 9.97 Å². The van der Waals surface area contributed by atoms with E-state index >= 15 is 0 Å². The van der Waals surface area contributed by atoms with Crippen molar-refractivity contribution in [2.75, 3.05) is 11.5 Å². The summed E-state index contributed by atoms with van der Waals surface area (Å²) in [5, 5.41) is 2.18. The molecule has 0 saturated heterocycles. The summed E-state index contributed by atoms with van der Waals surface area (Å²) in [6.45, 7) is 6.57. The molecule has 2 aromatic rings. The van der Waals surface area contributed by atoms with Gasteiger partial charge in [-0.25, -0.2) is 9.97 Å². The Labute approximate surface area is 110 Å². The Morgan fingerprint density at radius 2 is 2.18 bits per heavy atom. The first-order chi connectivity index (χ1) is 8.10. The molecular weight excluding hydrogens is 250 g/mol. The van der Waals surface area contributed by atoms with Gasteiger partial charge in [0, 0.05) is 16.0 Å². The fraction of sp³-hybridized carbons (Fsp3) is 0.500. The van der Waals surface area contributed by atoms with E-state index in [9.17, 15) is 0 Å². The molecule has 0 saturated carbocycles. The average molecular weight is 267 g/mol. The molecule has 0 aliphatic rings. The van der Waals surface area contributed by atoms with Crippen molar-refractivity contribution in [3.05, 3.63) is 10.9 Å². The highest BCUT2D eigenvalue weighted by Gasteiger charge is 2.11. The Morgan fingerprint density at radius 3 is 2.82 bits per heavy atom. The Balaban J connectivity index is 2.41. The molecule has 92 valence electrons. The van der Waals surface area contributed by atoms with Crippen molar-refractivity contribution >= 4 is 39.3 Å². The van der Waals surface area contributed by atoms with E-state index < -0.39 is 0 Å². The number of hydrogen-bond acceptors (Lipinski definition) is 5. The Morgan fingerprint density at radius 1 is 1.41 bits per heavy atom. The van der Waals surface area contributed by atoms with E-state index in [0.717, 1.165) is 27.4 Å². The molecule has 0 unspecified atom stereocenters. The molecule has 5 heteroatoms. The molecule has 0 aromatic carbocycles. The van der Waals surface area contributed by atoms with Crippen LogP contribution in [0.25, 0.3) is 10.2 Å². The van der Waals surface area contributed by atoms with Crippen molar-refractivity contribution < 1.29 is 0 Å². The van der Waals surface area contributed by atoms with Gasteiger partial charge >= 0.3 is 0 Å². The highest BCUT2D eigenvalue weighted by atomic mass is 32.2. The molecule has 3 nitrogen and oxygen atoms in total. The molecule has 0 aliphatic carbocycles. The summed E-state index contributed by atoms with van der Waals surface area (Å²) < 4.78 is 0. The van der Waals surface area contributed by atoms with Crippen molar-refractivity contribution in [1.29, 1.82) is 0 Å². The summed E-state index contributed by atoms with van der Waals surface area (Å²) in [7, 11) is 0. The largest absolute Gasteiger partial charge is 0.368 e. The van der Waals surface area contributed by atoms with Crippen LogP contribution in [-0.2, 0) is 6.42 Å². The average Bonchev–Trinajstić information content (AvgIpc) is 2.68. The summed E-state index contributed by atoms with van der Waals surface area (Å²) in [4.78, 5) is 11.0. The zero-order valence-corrected chi connectivity index (χ0v) is 12.0. The van der Waals surface area contributed by atoms with E-state index in [1.54, 1.807) is 23.1 Å². The lowest BCUT2D eigenvalue weighted by Crippen LogP contribution is -1.97. The van der Waals surface area contributed by atoms with Gasteiger partial charge in [-0.2, -0.15) is 0 Å². The molecule has 0 fully saturated rings. The van der Waals surface area contributed by atoms with Gasteiger partial charge in [0.15, 0.2) is 0 Å². The van der Waals surface area contributed by atoms with Gasteiger partial charge in [-0.3, -0.25) is 0 Å². The molecule has 2 heterocycles. The normalized spacial score (nSPS) is 11.5. The van der Waals surface area contributed by atoms with Crippen molar-refractivity contribution in [3.8, 4) is 0 Å². The van der Waals surface area contributed by atoms with Gasteiger partial charge in [0.25, 0.3) is 0 Å². The second kappa shape index (κ2) is 5.23. The van der Waals surface area contributed by atoms with Crippen molar-refractivity contribution in [3.63, 3.8) is 0 Å². The minimum absolute atomic E-state index is 0.383. The Hall–Kier alpha value is -0.810. The number of nitrogens with two attached hydrogens (primary N) is 1. The predicted octanol–water partition coefficient (Wildman–Crippen LogP) is 3.58. The smallest absolute Gasteiger partial charge is 0.222 e. The molecule has 0 atom stereocenters. The van der Waals surface area contributed by atoms with Gasteiger partial charge in [-0.1, -0.05) is 20.8 Å². The quantitative estimate of drug-likeness (QED) is 0.679. The lowest BCUT2D eigenvalue weighted by Gasteiger charge is -2.05. The number of thioether (sulfide) groups is 1. The maximum Gasteiger partial charge on any atom is 0.222 e. The third-order valence-corrected chi connectivity index (χ3v) is 4.92. The van der Waals surface area contributed by atoms with E-state index in [-0.39, 0.29) is 0 Å². The Kier molecular flexibility index (Phi) is 3.89. The summed E-state index contributed by atoms with van der Waals surface area (Å²) >= 11 is 3.49. The van der Waals surface area contributed by atoms with Gasteiger partial charge in [0.05, 0.1) is 0 Å². The second-order valence-corrected chi connectivity index (χ2v) is 6.50. The minimum atomic E-state index is 0.383. The third-order valence-electron chi connectivity index (χ3n) is 2.33. The van der Waals surface area contributed by atoms with Crippen LogP contribution in [0.4, 0.5) is 5.95 Å². The molecule has 2 N–H and O–H groups in total. The number of fused-ring (bicyclic) bond motifs is 1. The van der Waals surface area contributed by atoms with Crippen LogP contribution in [0.15, 0.2) is 11.1 Å². The molecule has 0 aliphatic heterocycles. The highest BCUT2D eigenvalue weighted by Crippen LogP contribution is 2.32. The SMILES string of the molecule is CCc1cc2c(SCC(C)C)nc(N)nc2s1. The number of aromatic nitrogens is 2. The number of aryl methyl sites for hydroxylation is 1. The van der Waals surface area contributed by atoms with Gasteiger partial charge in [0.1, 0.15) is 9.86 Å². The van der Waals surface area contributed by atoms with Crippen molar-refractivity contribution in [2.45, 2.75) is 32.2 Å². The first-order valence-corrected chi connectivity index (χ1v) is 7.59. The summed E-state index contributed by atoms with van der Waals surface area (Å²) in [5.41, 5.74) is 5.75. The van der Waals surface area contributed by atoms with Crippen LogP contribution in [0.1, 0.15) is 25.6 Å². The number of rotatable bonds is 4. The number of nitrogen functional groups attached to an aromatic ring is 1. The maximum absolute atomic E-state index is 5.75. The van der Waals surface area contributed by atoms with E-state index in [1.807, 2.05) is 0 Å². The number of nitrogens with zero attached hydrogens (tertiary/aromatic N) is 2. The first-order valence-electron chi connectivity index (χ1n) is 5.79.